The van der Waals surface area contributed by atoms with E-state index in [0.717, 1.165) is 6.42 Å². The fourth-order valence-electron chi connectivity index (χ4n) is 2.55. The van der Waals surface area contributed by atoms with Gasteiger partial charge in [0, 0.05) is 4.90 Å². The Morgan fingerprint density at radius 3 is 1.91 bits per heavy atom. The number of rotatable bonds is 10. The molecule has 0 spiro atoms. The lowest BCUT2D eigenvalue weighted by Gasteiger charge is -2.05. The smallest absolute Gasteiger partial charge is 0.00723 e. The second kappa shape index (κ2) is 10.5. The zero-order valence-corrected chi connectivity index (χ0v) is 14.3. The molecule has 2 aromatic carbocycles. The number of hydrogen-bond acceptors (Lipinski definition) is 1. The molecule has 0 aliphatic heterocycles. The van der Waals surface area contributed by atoms with Crippen LogP contribution in [0, 0.1) is 6.92 Å². The van der Waals surface area contributed by atoms with E-state index < -0.39 is 0 Å². The van der Waals surface area contributed by atoms with Crippen molar-refractivity contribution >= 4 is 11.8 Å². The standard InChI is InChI=1S/C21H27S/c1-2-3-4-5-6-7-11-18-22-21-16-14-20(15-17-21)19-12-9-8-10-13-19/h8-10,12-17H,1-7,11,18H2. The van der Waals surface area contributed by atoms with Crippen molar-refractivity contribution in [1.82, 2.24) is 0 Å². The van der Waals surface area contributed by atoms with Crippen molar-refractivity contribution in [3.05, 3.63) is 61.5 Å². The van der Waals surface area contributed by atoms with Crippen LogP contribution in [0.25, 0.3) is 11.1 Å². The highest BCUT2D eigenvalue weighted by molar-refractivity contribution is 7.99. The van der Waals surface area contributed by atoms with Crippen LogP contribution < -0.4 is 0 Å². The lowest BCUT2D eigenvalue weighted by atomic mass is 10.1. The van der Waals surface area contributed by atoms with Crippen LogP contribution in [0.5, 0.6) is 0 Å². The first-order valence-electron chi connectivity index (χ1n) is 8.47. The Morgan fingerprint density at radius 2 is 1.23 bits per heavy atom. The molecule has 117 valence electrons. The third-order valence-electron chi connectivity index (χ3n) is 3.87. The maximum Gasteiger partial charge on any atom is 0.00723 e. The zero-order valence-electron chi connectivity index (χ0n) is 13.5. The average Bonchev–Trinajstić information content (AvgIpc) is 2.59. The highest BCUT2D eigenvalue weighted by Gasteiger charge is 1.98. The van der Waals surface area contributed by atoms with Crippen molar-refractivity contribution in [2.45, 2.75) is 49.8 Å². The van der Waals surface area contributed by atoms with Crippen LogP contribution in [0.15, 0.2) is 59.5 Å². The highest BCUT2D eigenvalue weighted by atomic mass is 32.2. The van der Waals surface area contributed by atoms with E-state index in [2.05, 4.69) is 61.5 Å². The molecule has 0 atom stereocenters. The Labute approximate surface area is 140 Å². The molecule has 0 saturated heterocycles. The highest BCUT2D eigenvalue weighted by Crippen LogP contribution is 2.25. The first kappa shape index (κ1) is 17.1. The number of benzene rings is 2. The molecule has 0 heterocycles. The van der Waals surface area contributed by atoms with Gasteiger partial charge in [-0.15, -0.1) is 11.8 Å². The van der Waals surface area contributed by atoms with Gasteiger partial charge in [0.2, 0.25) is 0 Å². The predicted molar refractivity (Wildman–Crippen MR) is 100 cm³/mol. The minimum Gasteiger partial charge on any atom is -0.126 e. The molecule has 0 amide bonds. The Morgan fingerprint density at radius 1 is 0.636 bits per heavy atom. The average molecular weight is 312 g/mol. The second-order valence-corrected chi connectivity index (χ2v) is 6.88. The summed E-state index contributed by atoms with van der Waals surface area (Å²) in [7, 11) is 0. The molecular formula is C21H27S. The van der Waals surface area contributed by atoms with E-state index in [-0.39, 0.29) is 0 Å². The first-order chi connectivity index (χ1) is 10.9. The summed E-state index contributed by atoms with van der Waals surface area (Å²) in [4.78, 5) is 1.39. The van der Waals surface area contributed by atoms with Crippen molar-refractivity contribution in [1.29, 1.82) is 0 Å². The van der Waals surface area contributed by atoms with E-state index in [1.54, 1.807) is 0 Å². The van der Waals surface area contributed by atoms with E-state index in [9.17, 15) is 0 Å². The monoisotopic (exact) mass is 311 g/mol. The van der Waals surface area contributed by atoms with Crippen LogP contribution in [0.1, 0.15) is 44.9 Å². The van der Waals surface area contributed by atoms with E-state index in [4.69, 9.17) is 0 Å². The van der Waals surface area contributed by atoms with Crippen molar-refractivity contribution in [3.63, 3.8) is 0 Å². The van der Waals surface area contributed by atoms with Gasteiger partial charge in [0.1, 0.15) is 0 Å². The normalized spacial score (nSPS) is 10.8. The van der Waals surface area contributed by atoms with Gasteiger partial charge >= 0.3 is 0 Å². The summed E-state index contributed by atoms with van der Waals surface area (Å²) in [5, 5.41) is 0. The molecular weight excluding hydrogens is 284 g/mol. The fraction of sp³-hybridized carbons (Fsp3) is 0.381. The molecule has 22 heavy (non-hydrogen) atoms. The van der Waals surface area contributed by atoms with Crippen molar-refractivity contribution in [2.75, 3.05) is 5.75 Å². The van der Waals surface area contributed by atoms with Crippen molar-refractivity contribution in [2.24, 2.45) is 0 Å². The lowest BCUT2D eigenvalue weighted by Crippen LogP contribution is -1.83. The van der Waals surface area contributed by atoms with Gasteiger partial charge in [-0.3, -0.25) is 0 Å². The maximum absolute atomic E-state index is 3.89. The topological polar surface area (TPSA) is 0 Å². The summed E-state index contributed by atoms with van der Waals surface area (Å²) < 4.78 is 0. The molecule has 0 bridgehead atoms. The van der Waals surface area contributed by atoms with Gasteiger partial charge in [-0.2, -0.15) is 0 Å². The number of unbranched alkanes of at least 4 members (excludes halogenated alkanes) is 6. The third kappa shape index (κ3) is 6.27. The van der Waals surface area contributed by atoms with Gasteiger partial charge in [-0.05, 0) is 35.4 Å². The number of hydrogen-bond donors (Lipinski definition) is 0. The summed E-state index contributed by atoms with van der Waals surface area (Å²) in [6.45, 7) is 3.89. The largest absolute Gasteiger partial charge is 0.126 e. The molecule has 0 aliphatic carbocycles. The van der Waals surface area contributed by atoms with Gasteiger partial charge in [0.15, 0.2) is 0 Å². The van der Waals surface area contributed by atoms with Crippen LogP contribution >= 0.6 is 11.8 Å². The molecule has 0 aromatic heterocycles. The number of thioether (sulfide) groups is 1. The third-order valence-corrected chi connectivity index (χ3v) is 4.97. The van der Waals surface area contributed by atoms with Crippen LogP contribution in [-0.2, 0) is 0 Å². The van der Waals surface area contributed by atoms with Crippen LogP contribution in [0.3, 0.4) is 0 Å². The molecule has 0 fully saturated rings. The van der Waals surface area contributed by atoms with Gasteiger partial charge in [-0.1, -0.05) is 87.9 Å². The fourth-order valence-corrected chi connectivity index (χ4v) is 3.46. The van der Waals surface area contributed by atoms with Crippen LogP contribution in [0.4, 0.5) is 0 Å². The maximum atomic E-state index is 3.89. The van der Waals surface area contributed by atoms with E-state index in [1.807, 2.05) is 11.8 Å². The lowest BCUT2D eigenvalue weighted by molar-refractivity contribution is 0.612. The Balaban J connectivity index is 1.65. The minimum atomic E-state index is 1.09. The first-order valence-corrected chi connectivity index (χ1v) is 9.46. The van der Waals surface area contributed by atoms with E-state index >= 15 is 0 Å². The van der Waals surface area contributed by atoms with E-state index in [1.165, 1.54) is 60.3 Å². The van der Waals surface area contributed by atoms with Crippen molar-refractivity contribution < 1.29 is 0 Å². The minimum absolute atomic E-state index is 1.09. The summed E-state index contributed by atoms with van der Waals surface area (Å²) in [6, 6.07) is 19.5. The molecule has 2 rings (SSSR count). The summed E-state index contributed by atoms with van der Waals surface area (Å²) >= 11 is 1.98. The zero-order chi connectivity index (χ0) is 15.5. The quantitative estimate of drug-likeness (QED) is 0.336. The SMILES string of the molecule is [CH2]CCCCCCCCSc1ccc(-c2ccccc2)cc1. The molecule has 1 heteroatoms. The van der Waals surface area contributed by atoms with Crippen molar-refractivity contribution in [3.8, 4) is 11.1 Å². The molecule has 0 aliphatic rings. The molecule has 0 unspecified atom stereocenters. The van der Waals surface area contributed by atoms with Gasteiger partial charge < -0.3 is 0 Å². The molecule has 2 aromatic rings. The summed E-state index contributed by atoms with van der Waals surface area (Å²) in [5.74, 6) is 1.24. The Hall–Kier alpha value is -1.21. The molecule has 0 nitrogen and oxygen atoms in total. The molecule has 1 radical (unpaired) electrons. The molecule has 0 saturated carbocycles. The van der Waals surface area contributed by atoms with Crippen LogP contribution in [-0.4, -0.2) is 5.75 Å². The predicted octanol–water partition coefficient (Wildman–Crippen LogP) is 7.01. The summed E-state index contributed by atoms with van der Waals surface area (Å²) in [6.07, 6.45) is 9.20. The van der Waals surface area contributed by atoms with Gasteiger partial charge in [0.05, 0.1) is 0 Å². The Bertz CT molecular complexity index is 501. The van der Waals surface area contributed by atoms with Crippen LogP contribution in [0.2, 0.25) is 0 Å². The second-order valence-electron chi connectivity index (χ2n) is 5.71. The van der Waals surface area contributed by atoms with E-state index in [0.29, 0.717) is 0 Å². The Kier molecular flexibility index (Phi) is 8.19. The van der Waals surface area contributed by atoms with Gasteiger partial charge in [0.25, 0.3) is 0 Å². The summed E-state index contributed by atoms with van der Waals surface area (Å²) in [5.41, 5.74) is 2.59. The molecule has 0 N–H and O–H groups in total. The van der Waals surface area contributed by atoms with Gasteiger partial charge in [-0.25, -0.2) is 0 Å².